The van der Waals surface area contributed by atoms with Crippen molar-refractivity contribution in [3.05, 3.63) is 82.3 Å². The molecule has 0 aliphatic rings. The molecule has 3 aromatic carbocycles. The average Bonchev–Trinajstić information content (AvgIpc) is 2.96. The summed E-state index contributed by atoms with van der Waals surface area (Å²) >= 11 is 12.2. The minimum Gasteiger partial charge on any atom is -0.497 e. The molecule has 0 aliphatic heterocycles. The van der Waals surface area contributed by atoms with E-state index in [0.29, 0.717) is 22.9 Å². The number of anilines is 1. The Hall–Kier alpha value is -3.47. The van der Waals surface area contributed by atoms with Gasteiger partial charge in [-0.3, -0.25) is 13.9 Å². The van der Waals surface area contributed by atoms with Crippen molar-refractivity contribution in [3.8, 4) is 11.5 Å². The third-order valence-electron chi connectivity index (χ3n) is 6.14. The predicted octanol–water partition coefficient (Wildman–Crippen LogP) is 4.76. The van der Waals surface area contributed by atoms with Gasteiger partial charge in [0.15, 0.2) is 0 Å². The molecule has 0 heterocycles. The van der Waals surface area contributed by atoms with E-state index in [1.807, 2.05) is 0 Å². The first kappa shape index (κ1) is 31.1. The molecule has 2 amide bonds. The van der Waals surface area contributed by atoms with E-state index in [-0.39, 0.29) is 27.9 Å². The highest BCUT2D eigenvalue weighted by molar-refractivity contribution is 7.92. The number of para-hydroxylation sites is 2. The van der Waals surface area contributed by atoms with Crippen molar-refractivity contribution >= 4 is 50.7 Å². The molecule has 12 heteroatoms. The van der Waals surface area contributed by atoms with Crippen LogP contribution in [0, 0.1) is 0 Å². The number of amides is 2. The molecule has 0 fully saturated rings. The number of rotatable bonds is 12. The molecule has 1 unspecified atom stereocenters. The van der Waals surface area contributed by atoms with Gasteiger partial charge in [-0.15, -0.1) is 0 Å². The van der Waals surface area contributed by atoms with E-state index in [0.717, 1.165) is 4.31 Å². The molecule has 0 radical (unpaired) electrons. The summed E-state index contributed by atoms with van der Waals surface area (Å²) in [7, 11) is -1.39. The van der Waals surface area contributed by atoms with Crippen LogP contribution in [-0.4, -0.2) is 58.5 Å². The number of methoxy groups -OCH3 is 2. The second-order valence-electron chi connectivity index (χ2n) is 8.70. The molecule has 0 saturated carbocycles. The number of nitrogens with zero attached hydrogens (tertiary/aromatic N) is 2. The van der Waals surface area contributed by atoms with Crippen molar-refractivity contribution in [1.29, 1.82) is 0 Å². The Morgan fingerprint density at radius 2 is 1.62 bits per heavy atom. The van der Waals surface area contributed by atoms with Crippen molar-refractivity contribution in [2.45, 2.75) is 31.3 Å². The van der Waals surface area contributed by atoms with Crippen LogP contribution in [0.4, 0.5) is 5.69 Å². The predicted molar refractivity (Wildman–Crippen MR) is 156 cm³/mol. The van der Waals surface area contributed by atoms with E-state index < -0.39 is 34.4 Å². The standard InChI is InChI=1S/C28H31Cl2N3O6S/c1-5-31-28(35)19(2)32(17-20-10-15-23(29)24(30)16-20)27(34)18-33(25-8-6-7-9-26(25)39-4)40(36,37)22-13-11-21(38-3)12-14-22/h6-16,19H,5,17-18H2,1-4H3,(H,31,35). The minimum atomic E-state index is -4.27. The molecule has 40 heavy (non-hydrogen) atoms. The normalized spacial score (nSPS) is 11.8. The van der Waals surface area contributed by atoms with Crippen LogP contribution in [-0.2, 0) is 26.2 Å². The van der Waals surface area contributed by atoms with Crippen LogP contribution in [0.15, 0.2) is 71.6 Å². The summed E-state index contributed by atoms with van der Waals surface area (Å²) in [6.45, 7) is 3.07. The van der Waals surface area contributed by atoms with Crippen molar-refractivity contribution in [2.75, 3.05) is 31.6 Å². The molecule has 214 valence electrons. The number of carbonyl (C=O) groups excluding carboxylic acids is 2. The first-order valence-corrected chi connectivity index (χ1v) is 14.5. The lowest BCUT2D eigenvalue weighted by atomic mass is 10.1. The van der Waals surface area contributed by atoms with Gasteiger partial charge in [-0.25, -0.2) is 8.42 Å². The first-order chi connectivity index (χ1) is 19.0. The molecule has 3 rings (SSSR count). The lowest BCUT2D eigenvalue weighted by molar-refractivity contribution is -0.139. The number of ether oxygens (including phenoxy) is 2. The highest BCUT2D eigenvalue weighted by Gasteiger charge is 2.33. The highest BCUT2D eigenvalue weighted by atomic mass is 35.5. The molecule has 1 N–H and O–H groups in total. The van der Waals surface area contributed by atoms with Gasteiger partial charge in [0.25, 0.3) is 10.0 Å². The fourth-order valence-electron chi connectivity index (χ4n) is 3.96. The molecular formula is C28H31Cl2N3O6S. The topological polar surface area (TPSA) is 105 Å². The van der Waals surface area contributed by atoms with Gasteiger partial charge in [-0.2, -0.15) is 0 Å². The first-order valence-electron chi connectivity index (χ1n) is 12.3. The van der Waals surface area contributed by atoms with Crippen LogP contribution in [0.3, 0.4) is 0 Å². The van der Waals surface area contributed by atoms with Crippen LogP contribution in [0.5, 0.6) is 11.5 Å². The summed E-state index contributed by atoms with van der Waals surface area (Å²) in [5.74, 6) is -0.284. The average molecular weight is 609 g/mol. The Morgan fingerprint density at radius 3 is 2.23 bits per heavy atom. The van der Waals surface area contributed by atoms with Crippen LogP contribution in [0.1, 0.15) is 19.4 Å². The minimum absolute atomic E-state index is 0.0175. The van der Waals surface area contributed by atoms with E-state index in [1.165, 1.54) is 43.4 Å². The third kappa shape index (κ3) is 7.18. The maximum Gasteiger partial charge on any atom is 0.264 e. The van der Waals surface area contributed by atoms with E-state index in [9.17, 15) is 18.0 Å². The van der Waals surface area contributed by atoms with Gasteiger partial charge in [-0.05, 0) is 67.9 Å². The second-order valence-corrected chi connectivity index (χ2v) is 11.4. The molecule has 0 spiro atoms. The highest BCUT2D eigenvalue weighted by Crippen LogP contribution is 2.33. The Labute approximate surface area is 244 Å². The fraction of sp³-hybridized carbons (Fsp3) is 0.286. The lowest BCUT2D eigenvalue weighted by Crippen LogP contribution is -2.51. The zero-order valence-electron chi connectivity index (χ0n) is 22.6. The summed E-state index contributed by atoms with van der Waals surface area (Å²) < 4.78 is 39.5. The molecule has 1 atom stereocenters. The van der Waals surface area contributed by atoms with Crippen LogP contribution >= 0.6 is 23.2 Å². The maximum absolute atomic E-state index is 14.0. The van der Waals surface area contributed by atoms with Gasteiger partial charge >= 0.3 is 0 Å². The summed E-state index contributed by atoms with van der Waals surface area (Å²) in [6.07, 6.45) is 0. The van der Waals surface area contributed by atoms with Crippen molar-refractivity contribution in [3.63, 3.8) is 0 Å². The SMILES string of the molecule is CCNC(=O)C(C)N(Cc1ccc(Cl)c(Cl)c1)C(=O)CN(c1ccccc1OC)S(=O)(=O)c1ccc(OC)cc1. The van der Waals surface area contributed by atoms with Gasteiger partial charge in [0, 0.05) is 13.1 Å². The zero-order chi connectivity index (χ0) is 29.4. The molecule has 3 aromatic rings. The third-order valence-corrected chi connectivity index (χ3v) is 8.65. The number of halogens is 2. The van der Waals surface area contributed by atoms with E-state index in [1.54, 1.807) is 56.3 Å². The summed E-state index contributed by atoms with van der Waals surface area (Å²) in [6, 6.07) is 16.2. The summed E-state index contributed by atoms with van der Waals surface area (Å²) in [5, 5.41) is 3.34. The Bertz CT molecular complexity index is 1450. The number of carbonyl (C=O) groups is 2. The number of nitrogens with one attached hydrogen (secondary N) is 1. The smallest absolute Gasteiger partial charge is 0.264 e. The zero-order valence-corrected chi connectivity index (χ0v) is 24.9. The maximum atomic E-state index is 14.0. The van der Waals surface area contributed by atoms with E-state index >= 15 is 0 Å². The number of hydrogen-bond donors (Lipinski definition) is 1. The molecule has 9 nitrogen and oxygen atoms in total. The van der Waals surface area contributed by atoms with E-state index in [4.69, 9.17) is 32.7 Å². The molecular weight excluding hydrogens is 577 g/mol. The van der Waals surface area contributed by atoms with Gasteiger partial charge in [0.1, 0.15) is 24.1 Å². The van der Waals surface area contributed by atoms with Crippen LogP contribution < -0.4 is 19.1 Å². The van der Waals surface area contributed by atoms with E-state index in [2.05, 4.69) is 5.32 Å². The molecule has 0 bridgehead atoms. The summed E-state index contributed by atoms with van der Waals surface area (Å²) in [5.41, 5.74) is 0.773. The lowest BCUT2D eigenvalue weighted by Gasteiger charge is -2.32. The second kappa shape index (κ2) is 13.7. The van der Waals surface area contributed by atoms with Gasteiger partial charge in [0.05, 0.1) is 34.8 Å². The van der Waals surface area contributed by atoms with Crippen molar-refractivity contribution in [1.82, 2.24) is 10.2 Å². The molecule has 0 aromatic heterocycles. The van der Waals surface area contributed by atoms with Gasteiger partial charge in [-0.1, -0.05) is 41.4 Å². The molecule has 0 aliphatic carbocycles. The summed E-state index contributed by atoms with van der Waals surface area (Å²) in [4.78, 5) is 28.0. The van der Waals surface area contributed by atoms with Crippen LogP contribution in [0.25, 0.3) is 0 Å². The van der Waals surface area contributed by atoms with Gasteiger partial charge < -0.3 is 19.7 Å². The van der Waals surface area contributed by atoms with Crippen molar-refractivity contribution in [2.24, 2.45) is 0 Å². The van der Waals surface area contributed by atoms with Gasteiger partial charge in [0.2, 0.25) is 11.8 Å². The number of hydrogen-bond acceptors (Lipinski definition) is 6. The number of sulfonamides is 1. The molecule has 0 saturated heterocycles. The quantitative estimate of drug-likeness (QED) is 0.318. The largest absolute Gasteiger partial charge is 0.497 e. The Morgan fingerprint density at radius 1 is 0.950 bits per heavy atom. The monoisotopic (exact) mass is 607 g/mol. The fourth-order valence-corrected chi connectivity index (χ4v) is 5.71. The Balaban J connectivity index is 2.08. The van der Waals surface area contributed by atoms with Crippen molar-refractivity contribution < 1.29 is 27.5 Å². The number of likely N-dealkylation sites (N-methyl/N-ethyl adjacent to an activating group) is 1. The Kier molecular flexibility index (Phi) is 10.7. The number of benzene rings is 3. The van der Waals surface area contributed by atoms with Crippen LogP contribution in [0.2, 0.25) is 10.0 Å².